The van der Waals surface area contributed by atoms with Crippen LogP contribution in [0.5, 0.6) is 11.5 Å². The minimum atomic E-state index is -5.06. The fraction of sp³-hybridized carbons (Fsp3) is 0.300. The van der Waals surface area contributed by atoms with E-state index in [0.717, 1.165) is 0 Å². The maximum Gasteiger partial charge on any atom is 0.420 e. The van der Waals surface area contributed by atoms with E-state index >= 15 is 0 Å². The number of aryl methyl sites for hydroxylation is 1. The molecule has 1 saturated heterocycles. The molecule has 2 aromatic carbocycles. The summed E-state index contributed by atoms with van der Waals surface area (Å²) in [4.78, 5) is 23.1. The van der Waals surface area contributed by atoms with Crippen LogP contribution in [0.1, 0.15) is 34.6 Å². The topological polar surface area (TPSA) is 64.6 Å². The Hall–Kier alpha value is -3.24. The summed E-state index contributed by atoms with van der Waals surface area (Å²) in [6, 6.07) is 5.50. The van der Waals surface area contributed by atoms with Crippen LogP contribution in [0.25, 0.3) is 0 Å². The van der Waals surface area contributed by atoms with E-state index in [-0.39, 0.29) is 11.8 Å². The lowest BCUT2D eigenvalue weighted by atomic mass is 9.95. The van der Waals surface area contributed by atoms with Crippen LogP contribution in [0.15, 0.2) is 36.4 Å². The average molecular weight is 445 g/mol. The molecule has 11 heteroatoms. The van der Waals surface area contributed by atoms with Gasteiger partial charge in [-0.25, -0.2) is 4.79 Å². The van der Waals surface area contributed by atoms with E-state index in [4.69, 9.17) is 9.47 Å². The molecule has 1 aliphatic heterocycles. The summed E-state index contributed by atoms with van der Waals surface area (Å²) in [5.74, 6) is -1.74. The maximum absolute atomic E-state index is 13.3. The summed E-state index contributed by atoms with van der Waals surface area (Å²) in [6.45, 7) is 0. The number of fused-ring (bicyclic) bond motifs is 1. The van der Waals surface area contributed by atoms with Gasteiger partial charge in [-0.1, -0.05) is 6.07 Å². The molecule has 2 amide bonds. The normalized spacial score (nSPS) is 21.0. The number of nitrogens with one attached hydrogen (secondary N) is 1. The summed E-state index contributed by atoms with van der Waals surface area (Å²) in [5, 5.41) is 2.04. The third kappa shape index (κ3) is 4.04. The molecule has 0 spiro atoms. The number of amides is 2. The quantitative estimate of drug-likeness (QED) is 0.662. The fourth-order valence-electron chi connectivity index (χ4n) is 3.78. The van der Waals surface area contributed by atoms with Crippen molar-refractivity contribution in [1.82, 2.24) is 5.32 Å². The molecule has 0 aromatic heterocycles. The lowest BCUT2D eigenvalue weighted by molar-refractivity contribution is -0.143. The Morgan fingerprint density at radius 2 is 1.71 bits per heavy atom. The first-order valence-electron chi connectivity index (χ1n) is 9.04. The van der Waals surface area contributed by atoms with E-state index < -0.39 is 53.3 Å². The van der Waals surface area contributed by atoms with Gasteiger partial charge < -0.3 is 9.47 Å². The van der Waals surface area contributed by atoms with E-state index in [1.807, 2.05) is 5.32 Å². The van der Waals surface area contributed by atoms with E-state index in [2.05, 4.69) is 0 Å². The number of rotatable bonds is 3. The molecule has 5 nitrogen and oxygen atoms in total. The number of alkyl halides is 6. The number of halogens is 6. The zero-order valence-electron chi connectivity index (χ0n) is 15.4. The first-order chi connectivity index (χ1) is 14.4. The van der Waals surface area contributed by atoms with Crippen LogP contribution in [0, 0.1) is 0 Å². The van der Waals surface area contributed by atoms with Gasteiger partial charge in [0.1, 0.15) is 11.5 Å². The van der Waals surface area contributed by atoms with Gasteiger partial charge >= 0.3 is 18.4 Å². The summed E-state index contributed by atoms with van der Waals surface area (Å²) in [7, 11) is 0. The van der Waals surface area contributed by atoms with Gasteiger partial charge in [-0.15, -0.1) is 0 Å². The Morgan fingerprint density at radius 3 is 2.32 bits per heavy atom. The van der Waals surface area contributed by atoms with Crippen molar-refractivity contribution in [3.63, 3.8) is 0 Å². The second kappa shape index (κ2) is 7.17. The molecule has 0 saturated carbocycles. The average Bonchev–Trinajstić information content (AvgIpc) is 3.22. The van der Waals surface area contributed by atoms with Crippen molar-refractivity contribution in [1.29, 1.82) is 0 Å². The predicted octanol–water partition coefficient (Wildman–Crippen LogP) is 5.18. The van der Waals surface area contributed by atoms with Gasteiger partial charge in [0.15, 0.2) is 6.10 Å². The molecule has 2 atom stereocenters. The number of imide groups is 1. The highest BCUT2D eigenvalue weighted by Crippen LogP contribution is 2.43. The number of ether oxygens (including phenoxy) is 2. The van der Waals surface area contributed by atoms with Crippen molar-refractivity contribution in [2.24, 2.45) is 0 Å². The standard InChI is InChI=1S/C20H13F6NO4/c21-19(22,23)10-2-6-15(14(8-10)20(24,25)26)30-11-3-5-12-9(7-11)1-4-13(12)16-17(28)27-18(29)31-16/h2-3,5-8,13,16H,1,4H2,(H,27,28,29)/t13-,16-/m1/s1. The lowest BCUT2D eigenvalue weighted by Gasteiger charge is -2.18. The van der Waals surface area contributed by atoms with Gasteiger partial charge in [-0.2, -0.15) is 26.3 Å². The number of carbonyl (C=O) groups excluding carboxylic acids is 2. The monoisotopic (exact) mass is 445 g/mol. The van der Waals surface area contributed by atoms with Gasteiger partial charge in [-0.3, -0.25) is 10.1 Å². The number of alkyl carbamates (subject to hydrolysis) is 1. The number of cyclic esters (lactones) is 1. The van der Waals surface area contributed by atoms with Crippen LogP contribution >= 0.6 is 0 Å². The molecule has 4 rings (SSSR count). The summed E-state index contributed by atoms with van der Waals surface area (Å²) >= 11 is 0. The number of hydrogen-bond donors (Lipinski definition) is 1. The van der Waals surface area contributed by atoms with Crippen molar-refractivity contribution in [2.75, 3.05) is 0 Å². The first kappa shape index (κ1) is 21.0. The van der Waals surface area contributed by atoms with E-state index in [1.165, 1.54) is 12.1 Å². The molecule has 2 aliphatic rings. The van der Waals surface area contributed by atoms with E-state index in [0.29, 0.717) is 36.1 Å². The lowest BCUT2D eigenvalue weighted by Crippen LogP contribution is -2.28. The van der Waals surface area contributed by atoms with Crippen LogP contribution in [-0.2, 0) is 28.3 Å². The largest absolute Gasteiger partial charge is 0.457 e. The van der Waals surface area contributed by atoms with Crippen LogP contribution in [0.2, 0.25) is 0 Å². The second-order valence-corrected chi connectivity index (χ2v) is 7.13. The molecule has 2 aromatic rings. The van der Waals surface area contributed by atoms with Crippen molar-refractivity contribution in [3.05, 3.63) is 58.7 Å². The number of hydrogen-bond acceptors (Lipinski definition) is 4. The van der Waals surface area contributed by atoms with Crippen molar-refractivity contribution < 1.29 is 45.4 Å². The molecule has 164 valence electrons. The Morgan fingerprint density at radius 1 is 0.968 bits per heavy atom. The van der Waals surface area contributed by atoms with Crippen molar-refractivity contribution >= 4 is 12.0 Å². The SMILES string of the molecule is O=C1NC(=O)[C@@H]([C@@H]2CCc3cc(Oc4ccc(C(F)(F)F)cc4C(F)(F)F)ccc32)O1. The first-order valence-corrected chi connectivity index (χ1v) is 9.04. The smallest absolute Gasteiger partial charge is 0.420 e. The molecular weight excluding hydrogens is 432 g/mol. The summed E-state index contributed by atoms with van der Waals surface area (Å²) in [6.07, 6.45) is -10.9. The van der Waals surface area contributed by atoms with E-state index in [1.54, 1.807) is 6.07 Å². The summed E-state index contributed by atoms with van der Waals surface area (Å²) in [5.41, 5.74) is -1.62. The van der Waals surface area contributed by atoms with E-state index in [9.17, 15) is 35.9 Å². The van der Waals surface area contributed by atoms with Crippen molar-refractivity contribution in [3.8, 4) is 11.5 Å². The number of benzene rings is 2. The minimum Gasteiger partial charge on any atom is -0.457 e. The van der Waals surface area contributed by atoms with Gasteiger partial charge in [0.05, 0.1) is 11.1 Å². The Balaban J connectivity index is 1.62. The predicted molar refractivity (Wildman–Crippen MR) is 92.4 cm³/mol. The highest BCUT2D eigenvalue weighted by atomic mass is 19.4. The highest BCUT2D eigenvalue weighted by molar-refractivity contribution is 6.00. The molecule has 1 aliphatic carbocycles. The van der Waals surface area contributed by atoms with Crippen molar-refractivity contribution in [2.45, 2.75) is 37.2 Å². The molecule has 1 heterocycles. The van der Waals surface area contributed by atoms with Gasteiger partial charge in [0, 0.05) is 5.92 Å². The molecule has 0 unspecified atom stereocenters. The molecule has 1 fully saturated rings. The minimum absolute atomic E-state index is 0.00229. The van der Waals surface area contributed by atoms with Crippen LogP contribution < -0.4 is 10.1 Å². The molecule has 0 radical (unpaired) electrons. The van der Waals surface area contributed by atoms with Crippen LogP contribution in [-0.4, -0.2) is 18.1 Å². The Kier molecular flexibility index (Phi) is 4.86. The third-order valence-corrected chi connectivity index (χ3v) is 5.16. The zero-order chi connectivity index (χ0) is 22.6. The molecule has 31 heavy (non-hydrogen) atoms. The van der Waals surface area contributed by atoms with Gasteiger partial charge in [-0.05, 0) is 54.3 Å². The van der Waals surface area contributed by atoms with Gasteiger partial charge in [0.25, 0.3) is 5.91 Å². The van der Waals surface area contributed by atoms with Gasteiger partial charge in [0.2, 0.25) is 0 Å². The Bertz CT molecular complexity index is 1060. The molecule has 0 bridgehead atoms. The molecule has 1 N–H and O–H groups in total. The molecular formula is C20H13F6NO4. The zero-order valence-corrected chi connectivity index (χ0v) is 15.4. The van der Waals surface area contributed by atoms with Crippen LogP contribution in [0.4, 0.5) is 31.1 Å². The fourth-order valence-corrected chi connectivity index (χ4v) is 3.78. The van der Waals surface area contributed by atoms with Crippen LogP contribution in [0.3, 0.4) is 0 Å². The Labute approximate surface area is 170 Å². The highest BCUT2D eigenvalue weighted by Gasteiger charge is 2.42. The summed E-state index contributed by atoms with van der Waals surface area (Å²) < 4.78 is 88.6. The second-order valence-electron chi connectivity index (χ2n) is 7.13. The maximum atomic E-state index is 13.3. The number of carbonyl (C=O) groups is 2. The third-order valence-electron chi connectivity index (χ3n) is 5.16.